The summed E-state index contributed by atoms with van der Waals surface area (Å²) < 4.78 is 1.79. The predicted octanol–water partition coefficient (Wildman–Crippen LogP) is 2.22. The number of aryl methyl sites for hydroxylation is 3. The highest BCUT2D eigenvalue weighted by Gasteiger charge is 2.40. The number of carbonyl (C=O) groups is 2. The Morgan fingerprint density at radius 1 is 1.20 bits per heavy atom. The zero-order valence-corrected chi connectivity index (χ0v) is 14.6. The summed E-state index contributed by atoms with van der Waals surface area (Å²) in [5.41, 5.74) is 3.10. The standard InChI is InChI=1S/C19H23N3O3/c1-13-5-3-4-6-15(13)16-11-21(12-17(16)19(24)25)18(23)8-10-22-14(2)7-9-20-22/h3-7,9,16-17H,8,10-12H2,1-2H3,(H,24,25)/t16-,17+/m0/s1. The van der Waals surface area contributed by atoms with Gasteiger partial charge in [0.2, 0.25) is 5.91 Å². The van der Waals surface area contributed by atoms with Crippen LogP contribution in [0.2, 0.25) is 0 Å². The maximum atomic E-state index is 12.6. The molecule has 25 heavy (non-hydrogen) atoms. The maximum absolute atomic E-state index is 12.6. The minimum atomic E-state index is -0.841. The summed E-state index contributed by atoms with van der Waals surface area (Å²) in [6.45, 7) is 5.17. The zero-order chi connectivity index (χ0) is 18.0. The molecule has 1 saturated heterocycles. The van der Waals surface area contributed by atoms with Crippen molar-refractivity contribution in [3.05, 3.63) is 53.3 Å². The number of carboxylic acid groups (broad SMARTS) is 1. The molecule has 0 saturated carbocycles. The molecule has 0 radical (unpaired) electrons. The zero-order valence-electron chi connectivity index (χ0n) is 14.6. The molecule has 0 spiro atoms. The molecular weight excluding hydrogens is 318 g/mol. The van der Waals surface area contributed by atoms with Crippen LogP contribution in [0.15, 0.2) is 36.5 Å². The van der Waals surface area contributed by atoms with Crippen LogP contribution in [0.4, 0.5) is 0 Å². The average molecular weight is 341 g/mol. The molecule has 1 aromatic heterocycles. The van der Waals surface area contributed by atoms with Crippen molar-refractivity contribution in [3.63, 3.8) is 0 Å². The molecule has 1 fully saturated rings. The van der Waals surface area contributed by atoms with E-state index in [-0.39, 0.29) is 18.4 Å². The highest BCUT2D eigenvalue weighted by molar-refractivity contribution is 5.79. The summed E-state index contributed by atoms with van der Waals surface area (Å²) in [6, 6.07) is 9.72. The smallest absolute Gasteiger partial charge is 0.308 e. The highest BCUT2D eigenvalue weighted by Crippen LogP contribution is 2.34. The van der Waals surface area contributed by atoms with Crippen LogP contribution < -0.4 is 0 Å². The first-order valence-electron chi connectivity index (χ1n) is 8.52. The largest absolute Gasteiger partial charge is 0.481 e. The predicted molar refractivity (Wildman–Crippen MR) is 93.2 cm³/mol. The van der Waals surface area contributed by atoms with Crippen molar-refractivity contribution in [2.45, 2.75) is 32.7 Å². The van der Waals surface area contributed by atoms with Gasteiger partial charge in [-0.1, -0.05) is 24.3 Å². The fourth-order valence-electron chi connectivity index (χ4n) is 3.57. The first-order valence-corrected chi connectivity index (χ1v) is 8.52. The molecule has 1 aliphatic rings. The summed E-state index contributed by atoms with van der Waals surface area (Å²) in [5.74, 6) is -1.57. The number of carboxylic acids is 1. The van der Waals surface area contributed by atoms with Crippen LogP contribution >= 0.6 is 0 Å². The number of hydrogen-bond donors (Lipinski definition) is 1. The van der Waals surface area contributed by atoms with E-state index in [1.807, 2.05) is 44.2 Å². The second kappa shape index (κ2) is 7.09. The molecule has 6 nitrogen and oxygen atoms in total. The van der Waals surface area contributed by atoms with Crippen LogP contribution in [-0.4, -0.2) is 44.8 Å². The van der Waals surface area contributed by atoms with Crippen molar-refractivity contribution in [1.82, 2.24) is 14.7 Å². The fourth-order valence-corrected chi connectivity index (χ4v) is 3.57. The number of benzene rings is 1. The second-order valence-corrected chi connectivity index (χ2v) is 6.65. The molecule has 0 unspecified atom stereocenters. The van der Waals surface area contributed by atoms with E-state index in [0.29, 0.717) is 19.5 Å². The lowest BCUT2D eigenvalue weighted by atomic mass is 9.86. The Labute approximate surface area is 147 Å². The van der Waals surface area contributed by atoms with Crippen LogP contribution in [0, 0.1) is 19.8 Å². The van der Waals surface area contributed by atoms with E-state index in [0.717, 1.165) is 16.8 Å². The van der Waals surface area contributed by atoms with Gasteiger partial charge in [-0.2, -0.15) is 5.10 Å². The van der Waals surface area contributed by atoms with Gasteiger partial charge in [0.15, 0.2) is 0 Å². The van der Waals surface area contributed by atoms with Gasteiger partial charge in [0.05, 0.1) is 5.92 Å². The lowest BCUT2D eigenvalue weighted by Crippen LogP contribution is -2.30. The molecule has 1 amide bonds. The SMILES string of the molecule is Cc1ccccc1[C@@H]1CN(C(=O)CCn2nccc2C)C[C@H]1C(=O)O. The monoisotopic (exact) mass is 341 g/mol. The Hall–Kier alpha value is -2.63. The van der Waals surface area contributed by atoms with Crippen LogP contribution in [0.3, 0.4) is 0 Å². The van der Waals surface area contributed by atoms with Gasteiger partial charge in [-0.25, -0.2) is 0 Å². The van der Waals surface area contributed by atoms with Gasteiger partial charge >= 0.3 is 5.97 Å². The molecule has 3 rings (SSSR count). The van der Waals surface area contributed by atoms with E-state index in [9.17, 15) is 14.7 Å². The Kier molecular flexibility index (Phi) is 4.88. The summed E-state index contributed by atoms with van der Waals surface area (Å²) in [6.07, 6.45) is 2.04. The Bertz CT molecular complexity index is 784. The molecule has 1 N–H and O–H groups in total. The van der Waals surface area contributed by atoms with Crippen molar-refractivity contribution in [3.8, 4) is 0 Å². The van der Waals surface area contributed by atoms with Crippen molar-refractivity contribution < 1.29 is 14.7 Å². The van der Waals surface area contributed by atoms with E-state index in [2.05, 4.69) is 5.10 Å². The Balaban J connectivity index is 1.71. The minimum absolute atomic E-state index is 0.0164. The number of amides is 1. The van der Waals surface area contributed by atoms with Crippen LogP contribution in [0.1, 0.15) is 29.2 Å². The first-order chi connectivity index (χ1) is 12.0. The molecule has 2 atom stereocenters. The number of aromatic nitrogens is 2. The molecule has 0 aliphatic carbocycles. The number of likely N-dealkylation sites (tertiary alicyclic amines) is 1. The third-order valence-corrected chi connectivity index (χ3v) is 5.04. The van der Waals surface area contributed by atoms with Crippen molar-refractivity contribution in [2.75, 3.05) is 13.1 Å². The van der Waals surface area contributed by atoms with Gasteiger partial charge in [0.25, 0.3) is 0 Å². The molecule has 2 aromatic rings. The summed E-state index contributed by atoms with van der Waals surface area (Å²) in [5, 5.41) is 13.8. The van der Waals surface area contributed by atoms with E-state index in [1.165, 1.54) is 0 Å². The van der Waals surface area contributed by atoms with Crippen molar-refractivity contribution in [1.29, 1.82) is 0 Å². The van der Waals surface area contributed by atoms with E-state index >= 15 is 0 Å². The number of nitrogens with zero attached hydrogens (tertiary/aromatic N) is 3. The number of hydrogen-bond acceptors (Lipinski definition) is 3. The van der Waals surface area contributed by atoms with Crippen LogP contribution in [0.5, 0.6) is 0 Å². The number of aliphatic carboxylic acids is 1. The molecule has 0 bridgehead atoms. The molecule has 1 aromatic carbocycles. The lowest BCUT2D eigenvalue weighted by molar-refractivity contribution is -0.141. The molecule has 1 aliphatic heterocycles. The Morgan fingerprint density at radius 2 is 1.96 bits per heavy atom. The minimum Gasteiger partial charge on any atom is -0.481 e. The van der Waals surface area contributed by atoms with E-state index < -0.39 is 11.9 Å². The average Bonchev–Trinajstić information content (AvgIpc) is 3.19. The van der Waals surface area contributed by atoms with Gasteiger partial charge in [0.1, 0.15) is 0 Å². The van der Waals surface area contributed by atoms with E-state index in [1.54, 1.807) is 15.8 Å². The van der Waals surface area contributed by atoms with Crippen LogP contribution in [0.25, 0.3) is 0 Å². The lowest BCUT2D eigenvalue weighted by Gasteiger charge is -2.18. The normalized spacial score (nSPS) is 20.0. The molecule has 6 heteroatoms. The second-order valence-electron chi connectivity index (χ2n) is 6.65. The van der Waals surface area contributed by atoms with Gasteiger partial charge < -0.3 is 10.0 Å². The third-order valence-electron chi connectivity index (χ3n) is 5.04. The Morgan fingerprint density at radius 3 is 2.60 bits per heavy atom. The van der Waals surface area contributed by atoms with Crippen LogP contribution in [-0.2, 0) is 16.1 Å². The van der Waals surface area contributed by atoms with E-state index in [4.69, 9.17) is 0 Å². The van der Waals surface area contributed by atoms with Gasteiger partial charge in [0, 0.05) is 43.9 Å². The topological polar surface area (TPSA) is 75.4 Å². The summed E-state index contributed by atoms with van der Waals surface area (Å²) in [4.78, 5) is 26.0. The number of carbonyl (C=O) groups excluding carboxylic acids is 1. The molecular formula is C19H23N3O3. The van der Waals surface area contributed by atoms with Gasteiger partial charge in [-0.05, 0) is 31.0 Å². The number of rotatable bonds is 5. The van der Waals surface area contributed by atoms with Gasteiger partial charge in [-0.3, -0.25) is 14.3 Å². The quantitative estimate of drug-likeness (QED) is 0.905. The molecule has 132 valence electrons. The van der Waals surface area contributed by atoms with Gasteiger partial charge in [-0.15, -0.1) is 0 Å². The highest BCUT2D eigenvalue weighted by atomic mass is 16.4. The molecule has 2 heterocycles. The van der Waals surface area contributed by atoms with Crippen molar-refractivity contribution >= 4 is 11.9 Å². The third kappa shape index (κ3) is 3.57. The van der Waals surface area contributed by atoms with Crippen molar-refractivity contribution in [2.24, 2.45) is 5.92 Å². The maximum Gasteiger partial charge on any atom is 0.308 e. The summed E-state index contributed by atoms with van der Waals surface area (Å²) >= 11 is 0. The fraction of sp³-hybridized carbons (Fsp3) is 0.421. The first kappa shape index (κ1) is 17.2. The summed E-state index contributed by atoms with van der Waals surface area (Å²) in [7, 11) is 0.